The molecule has 6 heteroatoms. The maximum Gasteiger partial charge on any atom is 0.239 e. The van der Waals surface area contributed by atoms with Crippen LogP contribution in [0, 0.1) is 11.3 Å². The zero-order valence-electron chi connectivity index (χ0n) is 14.6. The molecule has 2 N–H and O–H groups in total. The number of carbonyl (C=O) groups is 2. The molecular weight excluding hydrogens is 282 g/mol. The Balaban J connectivity index is 2.38. The van der Waals surface area contributed by atoms with Crippen molar-refractivity contribution in [2.45, 2.75) is 40.7 Å². The summed E-state index contributed by atoms with van der Waals surface area (Å²) in [5.74, 6) is 0.190. The van der Waals surface area contributed by atoms with Gasteiger partial charge in [0.25, 0.3) is 0 Å². The van der Waals surface area contributed by atoms with Crippen LogP contribution in [0.15, 0.2) is 0 Å². The Morgan fingerprint density at radius 2 is 1.73 bits per heavy atom. The lowest BCUT2D eigenvalue weighted by atomic mass is 9.96. The highest BCUT2D eigenvalue weighted by Gasteiger charge is 2.25. The Kier molecular flexibility index (Phi) is 7.29. The van der Waals surface area contributed by atoms with E-state index in [1.807, 2.05) is 20.8 Å². The van der Waals surface area contributed by atoms with Gasteiger partial charge in [0.05, 0.1) is 19.8 Å². The summed E-state index contributed by atoms with van der Waals surface area (Å²) in [5, 5.41) is 5.60. The number of carbonyl (C=O) groups excluding carboxylic acids is 2. The van der Waals surface area contributed by atoms with E-state index in [0.29, 0.717) is 18.5 Å². The fourth-order valence-corrected chi connectivity index (χ4v) is 2.40. The molecule has 0 spiro atoms. The molecular formula is C16H31N3O3. The van der Waals surface area contributed by atoms with Crippen LogP contribution in [-0.4, -0.2) is 62.1 Å². The van der Waals surface area contributed by atoms with Gasteiger partial charge in [0.15, 0.2) is 0 Å². The summed E-state index contributed by atoms with van der Waals surface area (Å²) in [7, 11) is 0. The first-order valence-corrected chi connectivity index (χ1v) is 8.08. The molecule has 0 aliphatic carbocycles. The first-order chi connectivity index (χ1) is 10.2. The molecule has 0 saturated carbocycles. The van der Waals surface area contributed by atoms with Gasteiger partial charge in [-0.25, -0.2) is 0 Å². The SMILES string of the molecule is CC(C)[C@@H](CNC(=O)CNC(=O)C(C)(C)C)N1CCOCC1. The summed E-state index contributed by atoms with van der Waals surface area (Å²) in [6.45, 7) is 13.7. The first-order valence-electron chi connectivity index (χ1n) is 8.08. The zero-order chi connectivity index (χ0) is 16.8. The van der Waals surface area contributed by atoms with Crippen LogP contribution in [0.2, 0.25) is 0 Å². The van der Waals surface area contributed by atoms with Gasteiger partial charge in [-0.05, 0) is 5.92 Å². The van der Waals surface area contributed by atoms with E-state index in [1.54, 1.807) is 0 Å². The second kappa shape index (κ2) is 8.48. The Labute approximate surface area is 134 Å². The molecule has 1 atom stereocenters. The van der Waals surface area contributed by atoms with E-state index in [1.165, 1.54) is 0 Å². The number of amides is 2. The predicted octanol–water partition coefficient (Wildman–Crippen LogP) is 0.622. The third-order valence-corrected chi connectivity index (χ3v) is 3.88. The topological polar surface area (TPSA) is 70.7 Å². The van der Waals surface area contributed by atoms with Crippen molar-refractivity contribution in [1.29, 1.82) is 0 Å². The molecule has 1 aliphatic rings. The van der Waals surface area contributed by atoms with Crippen LogP contribution in [0.3, 0.4) is 0 Å². The Hall–Kier alpha value is -1.14. The second-order valence-corrected chi connectivity index (χ2v) is 7.20. The number of rotatable bonds is 6. The van der Waals surface area contributed by atoms with E-state index in [4.69, 9.17) is 4.74 Å². The third kappa shape index (κ3) is 6.32. The normalized spacial score (nSPS) is 18.1. The van der Waals surface area contributed by atoms with Gasteiger partial charge >= 0.3 is 0 Å². The van der Waals surface area contributed by atoms with Crippen molar-refractivity contribution in [1.82, 2.24) is 15.5 Å². The summed E-state index contributed by atoms with van der Waals surface area (Å²) in [6, 6.07) is 0.297. The van der Waals surface area contributed by atoms with Crippen molar-refractivity contribution in [2.24, 2.45) is 11.3 Å². The number of hydrogen-bond donors (Lipinski definition) is 2. The number of ether oxygens (including phenoxy) is 1. The van der Waals surface area contributed by atoms with Crippen molar-refractivity contribution >= 4 is 11.8 Å². The van der Waals surface area contributed by atoms with Crippen molar-refractivity contribution in [3.63, 3.8) is 0 Å². The Bertz CT molecular complexity index is 371. The van der Waals surface area contributed by atoms with E-state index < -0.39 is 5.41 Å². The molecule has 0 aromatic carbocycles. The number of morpholine rings is 1. The minimum atomic E-state index is -0.478. The van der Waals surface area contributed by atoms with Crippen molar-refractivity contribution in [2.75, 3.05) is 39.4 Å². The van der Waals surface area contributed by atoms with Gasteiger partial charge in [0.1, 0.15) is 0 Å². The van der Waals surface area contributed by atoms with Gasteiger partial charge in [-0.1, -0.05) is 34.6 Å². The van der Waals surface area contributed by atoms with E-state index in [9.17, 15) is 9.59 Å². The summed E-state index contributed by atoms with van der Waals surface area (Å²) in [4.78, 5) is 26.0. The van der Waals surface area contributed by atoms with Gasteiger partial charge in [0, 0.05) is 31.1 Å². The molecule has 1 rings (SSSR count). The molecule has 0 aromatic rings. The van der Waals surface area contributed by atoms with Crippen LogP contribution >= 0.6 is 0 Å². The summed E-state index contributed by atoms with van der Waals surface area (Å²) in [5.41, 5.74) is -0.478. The van der Waals surface area contributed by atoms with E-state index >= 15 is 0 Å². The lowest BCUT2D eigenvalue weighted by molar-refractivity contribution is -0.131. The minimum absolute atomic E-state index is 0.0318. The lowest BCUT2D eigenvalue weighted by Gasteiger charge is -2.36. The Morgan fingerprint density at radius 1 is 1.14 bits per heavy atom. The van der Waals surface area contributed by atoms with Crippen LogP contribution in [0.1, 0.15) is 34.6 Å². The van der Waals surface area contributed by atoms with E-state index in [-0.39, 0.29) is 18.4 Å². The lowest BCUT2D eigenvalue weighted by Crippen LogP contribution is -2.52. The first kappa shape index (κ1) is 18.9. The highest BCUT2D eigenvalue weighted by Crippen LogP contribution is 2.13. The molecule has 1 fully saturated rings. The molecule has 1 heterocycles. The van der Waals surface area contributed by atoms with E-state index in [2.05, 4.69) is 29.4 Å². The van der Waals surface area contributed by atoms with Crippen LogP contribution in [0.5, 0.6) is 0 Å². The minimum Gasteiger partial charge on any atom is -0.379 e. The van der Waals surface area contributed by atoms with Crippen LogP contribution in [0.25, 0.3) is 0 Å². The summed E-state index contributed by atoms with van der Waals surface area (Å²) < 4.78 is 5.38. The Morgan fingerprint density at radius 3 is 2.23 bits per heavy atom. The van der Waals surface area contributed by atoms with Crippen molar-refractivity contribution < 1.29 is 14.3 Å². The summed E-state index contributed by atoms with van der Waals surface area (Å²) >= 11 is 0. The van der Waals surface area contributed by atoms with Crippen LogP contribution in [-0.2, 0) is 14.3 Å². The average molecular weight is 313 g/mol. The number of nitrogens with zero attached hydrogens (tertiary/aromatic N) is 1. The van der Waals surface area contributed by atoms with Crippen LogP contribution < -0.4 is 10.6 Å². The van der Waals surface area contributed by atoms with E-state index in [0.717, 1.165) is 26.3 Å². The molecule has 0 radical (unpaired) electrons. The maximum absolute atomic E-state index is 11.9. The van der Waals surface area contributed by atoms with Crippen molar-refractivity contribution in [3.05, 3.63) is 0 Å². The molecule has 6 nitrogen and oxygen atoms in total. The maximum atomic E-state index is 11.9. The third-order valence-electron chi connectivity index (χ3n) is 3.88. The number of nitrogens with one attached hydrogen (secondary N) is 2. The summed E-state index contributed by atoms with van der Waals surface area (Å²) in [6.07, 6.45) is 0. The molecule has 1 aliphatic heterocycles. The monoisotopic (exact) mass is 313 g/mol. The molecule has 0 aromatic heterocycles. The largest absolute Gasteiger partial charge is 0.379 e. The molecule has 2 amide bonds. The van der Waals surface area contributed by atoms with Crippen molar-refractivity contribution in [3.8, 4) is 0 Å². The predicted molar refractivity (Wildman–Crippen MR) is 86.5 cm³/mol. The quantitative estimate of drug-likeness (QED) is 0.754. The van der Waals surface area contributed by atoms with Crippen LogP contribution in [0.4, 0.5) is 0 Å². The fraction of sp³-hybridized carbons (Fsp3) is 0.875. The highest BCUT2D eigenvalue weighted by molar-refractivity contribution is 5.87. The van der Waals surface area contributed by atoms with Gasteiger partial charge in [0.2, 0.25) is 11.8 Å². The van der Waals surface area contributed by atoms with Gasteiger partial charge in [-0.15, -0.1) is 0 Å². The van der Waals surface area contributed by atoms with Gasteiger partial charge in [-0.2, -0.15) is 0 Å². The zero-order valence-corrected chi connectivity index (χ0v) is 14.6. The number of hydrogen-bond acceptors (Lipinski definition) is 4. The second-order valence-electron chi connectivity index (χ2n) is 7.20. The molecule has 128 valence electrons. The smallest absolute Gasteiger partial charge is 0.239 e. The molecule has 0 bridgehead atoms. The highest BCUT2D eigenvalue weighted by atomic mass is 16.5. The standard InChI is InChI=1S/C16H31N3O3/c1-12(2)13(19-6-8-22-9-7-19)10-17-14(20)11-18-15(21)16(3,4)5/h12-13H,6-11H2,1-5H3,(H,17,20)(H,18,21)/t13-/m1/s1. The fourth-order valence-electron chi connectivity index (χ4n) is 2.40. The molecule has 22 heavy (non-hydrogen) atoms. The average Bonchev–Trinajstić information content (AvgIpc) is 2.44. The van der Waals surface area contributed by atoms with Gasteiger partial charge < -0.3 is 15.4 Å². The molecule has 1 saturated heterocycles. The molecule has 0 unspecified atom stereocenters. The van der Waals surface area contributed by atoms with Gasteiger partial charge in [-0.3, -0.25) is 14.5 Å².